The second-order valence-electron chi connectivity index (χ2n) is 5.86. The predicted octanol–water partition coefficient (Wildman–Crippen LogP) is 1.65. The van der Waals surface area contributed by atoms with Crippen LogP contribution in [0.3, 0.4) is 0 Å². The maximum atomic E-state index is 12.5. The zero-order valence-electron chi connectivity index (χ0n) is 13.7. The number of benzene rings is 1. The fourth-order valence-corrected chi connectivity index (χ4v) is 2.76. The van der Waals surface area contributed by atoms with Gasteiger partial charge in [-0.3, -0.25) is 4.79 Å². The molecule has 7 heteroatoms. The van der Waals surface area contributed by atoms with E-state index < -0.39 is 5.97 Å². The van der Waals surface area contributed by atoms with Gasteiger partial charge in [-0.25, -0.2) is 14.8 Å². The van der Waals surface area contributed by atoms with E-state index in [1.54, 1.807) is 4.90 Å². The number of aryl methyl sites for hydroxylation is 1. The lowest BCUT2D eigenvalue weighted by molar-refractivity contribution is -0.0248. The molecule has 7 nitrogen and oxygen atoms in total. The minimum absolute atomic E-state index is 0.0239. The van der Waals surface area contributed by atoms with Crippen molar-refractivity contribution in [1.82, 2.24) is 14.9 Å². The first kappa shape index (κ1) is 17.0. The molecule has 1 fully saturated rings. The Hall–Kier alpha value is -2.80. The van der Waals surface area contributed by atoms with Crippen molar-refractivity contribution in [1.29, 1.82) is 0 Å². The molecule has 1 saturated heterocycles. The Morgan fingerprint density at radius 2 is 1.88 bits per heavy atom. The molecular formula is C18H19N3O4. The Morgan fingerprint density at radius 3 is 2.56 bits per heavy atom. The van der Waals surface area contributed by atoms with Crippen molar-refractivity contribution in [3.8, 4) is 0 Å². The van der Waals surface area contributed by atoms with Gasteiger partial charge >= 0.3 is 5.97 Å². The van der Waals surface area contributed by atoms with Crippen LogP contribution >= 0.6 is 0 Å². The van der Waals surface area contributed by atoms with Crippen LogP contribution in [-0.2, 0) is 11.2 Å². The van der Waals surface area contributed by atoms with Crippen molar-refractivity contribution >= 4 is 11.9 Å². The maximum absolute atomic E-state index is 12.5. The molecule has 1 N–H and O–H groups in total. The SMILES string of the molecule is O=C(O)c1cnc(C(=O)N2CCOC(CCc3ccccc3)C2)cn1. The highest BCUT2D eigenvalue weighted by Gasteiger charge is 2.26. The maximum Gasteiger partial charge on any atom is 0.356 e. The van der Waals surface area contributed by atoms with Crippen LogP contribution < -0.4 is 0 Å². The van der Waals surface area contributed by atoms with Crippen molar-refractivity contribution in [2.24, 2.45) is 0 Å². The first-order valence-corrected chi connectivity index (χ1v) is 8.13. The number of amides is 1. The number of carbonyl (C=O) groups excluding carboxylic acids is 1. The first-order valence-electron chi connectivity index (χ1n) is 8.13. The molecule has 0 bridgehead atoms. The van der Waals surface area contributed by atoms with E-state index in [9.17, 15) is 9.59 Å². The Kier molecular flexibility index (Phi) is 5.35. The molecule has 0 aliphatic carbocycles. The van der Waals surface area contributed by atoms with Gasteiger partial charge in [0, 0.05) is 13.1 Å². The molecule has 2 heterocycles. The lowest BCUT2D eigenvalue weighted by Gasteiger charge is -2.32. The zero-order chi connectivity index (χ0) is 17.6. The van der Waals surface area contributed by atoms with E-state index in [1.807, 2.05) is 18.2 Å². The van der Waals surface area contributed by atoms with E-state index in [-0.39, 0.29) is 23.4 Å². The summed E-state index contributed by atoms with van der Waals surface area (Å²) in [6.45, 7) is 1.46. The topological polar surface area (TPSA) is 92.6 Å². The number of nitrogens with zero attached hydrogens (tertiary/aromatic N) is 3. The van der Waals surface area contributed by atoms with E-state index in [0.29, 0.717) is 19.7 Å². The molecule has 0 spiro atoms. The number of aromatic carboxylic acids is 1. The van der Waals surface area contributed by atoms with Gasteiger partial charge in [-0.1, -0.05) is 30.3 Å². The summed E-state index contributed by atoms with van der Waals surface area (Å²) in [5, 5.41) is 8.84. The molecule has 0 radical (unpaired) electrons. The number of carboxylic acids is 1. The number of carboxylic acid groups (broad SMARTS) is 1. The highest BCUT2D eigenvalue weighted by molar-refractivity contribution is 5.92. The van der Waals surface area contributed by atoms with Gasteiger partial charge in [-0.15, -0.1) is 0 Å². The lowest BCUT2D eigenvalue weighted by Crippen LogP contribution is -2.46. The third-order valence-electron chi connectivity index (χ3n) is 4.11. The smallest absolute Gasteiger partial charge is 0.356 e. The summed E-state index contributed by atoms with van der Waals surface area (Å²) in [6.07, 6.45) is 4.01. The van der Waals surface area contributed by atoms with E-state index >= 15 is 0 Å². The van der Waals surface area contributed by atoms with Crippen LogP contribution in [0, 0.1) is 0 Å². The molecule has 1 aromatic heterocycles. The zero-order valence-corrected chi connectivity index (χ0v) is 13.7. The van der Waals surface area contributed by atoms with Crippen LogP contribution in [0.2, 0.25) is 0 Å². The molecule has 1 aliphatic rings. The van der Waals surface area contributed by atoms with Gasteiger partial charge in [0.05, 0.1) is 25.1 Å². The van der Waals surface area contributed by atoms with Crippen molar-refractivity contribution in [2.75, 3.05) is 19.7 Å². The van der Waals surface area contributed by atoms with E-state index in [0.717, 1.165) is 19.0 Å². The van der Waals surface area contributed by atoms with Crippen LogP contribution in [-0.4, -0.2) is 57.7 Å². The first-order chi connectivity index (χ1) is 12.1. The number of rotatable bonds is 5. The van der Waals surface area contributed by atoms with Crippen molar-refractivity contribution in [3.05, 3.63) is 59.7 Å². The molecule has 0 saturated carbocycles. The molecule has 1 unspecified atom stereocenters. The summed E-state index contributed by atoms with van der Waals surface area (Å²) in [6, 6.07) is 10.1. The fourth-order valence-electron chi connectivity index (χ4n) is 2.76. The predicted molar refractivity (Wildman–Crippen MR) is 89.4 cm³/mol. The Labute approximate surface area is 145 Å². The normalized spacial score (nSPS) is 17.3. The summed E-state index contributed by atoms with van der Waals surface area (Å²) in [5.74, 6) is -1.42. The number of aromatic nitrogens is 2. The molecule has 1 atom stereocenters. The van der Waals surface area contributed by atoms with E-state index in [4.69, 9.17) is 9.84 Å². The second kappa shape index (κ2) is 7.85. The number of carbonyl (C=O) groups is 2. The fraction of sp³-hybridized carbons (Fsp3) is 0.333. The minimum Gasteiger partial charge on any atom is -0.476 e. The average Bonchev–Trinajstić information content (AvgIpc) is 2.67. The molecule has 1 aliphatic heterocycles. The second-order valence-corrected chi connectivity index (χ2v) is 5.86. The van der Waals surface area contributed by atoms with Gasteiger partial charge in [-0.2, -0.15) is 0 Å². The summed E-state index contributed by atoms with van der Waals surface area (Å²) < 4.78 is 5.76. The average molecular weight is 341 g/mol. The van der Waals surface area contributed by atoms with E-state index in [1.165, 1.54) is 11.8 Å². The number of ether oxygens (including phenoxy) is 1. The van der Waals surface area contributed by atoms with Crippen molar-refractivity contribution in [3.63, 3.8) is 0 Å². The quantitative estimate of drug-likeness (QED) is 0.889. The van der Waals surface area contributed by atoms with Gasteiger partial charge in [0.1, 0.15) is 5.69 Å². The molecular weight excluding hydrogens is 322 g/mol. The number of morpholine rings is 1. The van der Waals surface area contributed by atoms with Crippen LogP contribution in [0.4, 0.5) is 0 Å². The third-order valence-corrected chi connectivity index (χ3v) is 4.11. The van der Waals surface area contributed by atoms with Gasteiger partial charge in [0.15, 0.2) is 5.69 Å². The van der Waals surface area contributed by atoms with E-state index in [2.05, 4.69) is 22.1 Å². The van der Waals surface area contributed by atoms with Crippen LogP contribution in [0.25, 0.3) is 0 Å². The summed E-state index contributed by atoms with van der Waals surface area (Å²) >= 11 is 0. The summed E-state index contributed by atoms with van der Waals surface area (Å²) in [5.41, 5.74) is 1.21. The molecule has 2 aromatic rings. The third kappa shape index (κ3) is 4.39. The minimum atomic E-state index is -1.17. The number of hydrogen-bond donors (Lipinski definition) is 1. The molecule has 130 valence electrons. The molecule has 1 aromatic carbocycles. The Morgan fingerprint density at radius 1 is 1.16 bits per heavy atom. The lowest BCUT2D eigenvalue weighted by atomic mass is 10.1. The van der Waals surface area contributed by atoms with Crippen LogP contribution in [0.1, 0.15) is 33.0 Å². The molecule has 3 rings (SSSR count). The number of hydrogen-bond acceptors (Lipinski definition) is 5. The highest BCUT2D eigenvalue weighted by atomic mass is 16.5. The largest absolute Gasteiger partial charge is 0.476 e. The van der Waals surface area contributed by atoms with Crippen LogP contribution in [0.5, 0.6) is 0 Å². The Balaban J connectivity index is 1.58. The van der Waals surface area contributed by atoms with Crippen molar-refractivity contribution in [2.45, 2.75) is 18.9 Å². The van der Waals surface area contributed by atoms with Crippen molar-refractivity contribution < 1.29 is 19.4 Å². The molecule has 1 amide bonds. The van der Waals surface area contributed by atoms with Gasteiger partial charge in [0.2, 0.25) is 0 Å². The van der Waals surface area contributed by atoms with Gasteiger partial charge < -0.3 is 14.7 Å². The highest BCUT2D eigenvalue weighted by Crippen LogP contribution is 2.14. The summed E-state index contributed by atoms with van der Waals surface area (Å²) in [7, 11) is 0. The Bertz CT molecular complexity index is 734. The standard InChI is InChI=1S/C18H19N3O4/c22-17(15-10-20-16(11-19-15)18(23)24)21-8-9-25-14(12-21)7-6-13-4-2-1-3-5-13/h1-5,10-11,14H,6-9,12H2,(H,23,24). The monoisotopic (exact) mass is 341 g/mol. The molecule has 25 heavy (non-hydrogen) atoms. The van der Waals surface area contributed by atoms with Gasteiger partial charge in [-0.05, 0) is 18.4 Å². The van der Waals surface area contributed by atoms with Crippen LogP contribution in [0.15, 0.2) is 42.7 Å². The summed E-state index contributed by atoms with van der Waals surface area (Å²) in [4.78, 5) is 32.7. The van der Waals surface area contributed by atoms with Gasteiger partial charge in [0.25, 0.3) is 5.91 Å².